The minimum atomic E-state index is -0.826. The largest absolute Gasteiger partial charge is 0.309 e. The van der Waals surface area contributed by atoms with Crippen molar-refractivity contribution in [2.24, 2.45) is 0 Å². The molecule has 0 N–H and O–H groups in total. The summed E-state index contributed by atoms with van der Waals surface area (Å²) in [6, 6.07) is 3.40. The summed E-state index contributed by atoms with van der Waals surface area (Å²) in [5, 5.41) is 8.91. The van der Waals surface area contributed by atoms with Crippen LogP contribution in [0.1, 0.15) is 5.56 Å². The lowest BCUT2D eigenvalue weighted by Crippen LogP contribution is -2.00. The summed E-state index contributed by atoms with van der Waals surface area (Å²) in [4.78, 5) is 17.6. The maximum atomic E-state index is 9.74. The van der Waals surface area contributed by atoms with Gasteiger partial charge in [0.25, 0.3) is 5.09 Å². The molecule has 1 aromatic heterocycles. The van der Waals surface area contributed by atoms with Gasteiger partial charge in [-0.25, -0.2) is 0 Å². The molecule has 11 heavy (non-hydrogen) atoms. The van der Waals surface area contributed by atoms with E-state index in [0.717, 1.165) is 0 Å². The SMILES string of the molecule is O=[N+]([O-])OCc1cccnc1. The van der Waals surface area contributed by atoms with Gasteiger partial charge in [0.05, 0.1) is 0 Å². The van der Waals surface area contributed by atoms with Crippen LogP contribution in [0.3, 0.4) is 0 Å². The zero-order valence-electron chi connectivity index (χ0n) is 5.64. The van der Waals surface area contributed by atoms with Gasteiger partial charge in [-0.15, -0.1) is 10.1 Å². The van der Waals surface area contributed by atoms with E-state index in [9.17, 15) is 10.1 Å². The molecule has 0 saturated carbocycles. The minimum Gasteiger partial charge on any atom is -0.309 e. The number of rotatable bonds is 3. The molecule has 0 aliphatic heterocycles. The predicted molar refractivity (Wildman–Crippen MR) is 36.0 cm³/mol. The fraction of sp³-hybridized carbons (Fsp3) is 0.167. The van der Waals surface area contributed by atoms with Gasteiger partial charge in [-0.3, -0.25) is 4.98 Å². The molecule has 0 aliphatic rings. The molecule has 1 aromatic rings. The van der Waals surface area contributed by atoms with Crippen molar-refractivity contribution in [3.8, 4) is 0 Å². The van der Waals surface area contributed by atoms with Crippen LogP contribution in [0.25, 0.3) is 0 Å². The zero-order valence-corrected chi connectivity index (χ0v) is 5.64. The Morgan fingerprint density at radius 2 is 2.55 bits per heavy atom. The highest BCUT2D eigenvalue weighted by Gasteiger charge is 1.95. The summed E-state index contributed by atoms with van der Waals surface area (Å²) in [7, 11) is 0. The Labute approximate surface area is 62.7 Å². The Bertz CT molecular complexity index is 237. The molecule has 0 unspecified atom stereocenters. The first-order valence-electron chi connectivity index (χ1n) is 2.95. The van der Waals surface area contributed by atoms with Gasteiger partial charge in [0.2, 0.25) is 0 Å². The van der Waals surface area contributed by atoms with Gasteiger partial charge in [0, 0.05) is 12.4 Å². The second kappa shape index (κ2) is 3.50. The molecule has 0 saturated heterocycles. The van der Waals surface area contributed by atoms with E-state index >= 15 is 0 Å². The highest BCUT2D eigenvalue weighted by atomic mass is 16.9. The molecule has 1 rings (SSSR count). The average Bonchev–Trinajstić information content (AvgIpc) is 2.03. The first-order valence-corrected chi connectivity index (χ1v) is 2.95. The predicted octanol–water partition coefficient (Wildman–Crippen LogP) is 0.790. The van der Waals surface area contributed by atoms with Crippen LogP contribution >= 0.6 is 0 Å². The average molecular weight is 154 g/mol. The number of aromatic nitrogens is 1. The van der Waals surface area contributed by atoms with Gasteiger partial charge in [-0.2, -0.15) is 0 Å². The van der Waals surface area contributed by atoms with Gasteiger partial charge >= 0.3 is 0 Å². The third-order valence-electron chi connectivity index (χ3n) is 1.06. The van der Waals surface area contributed by atoms with Crippen molar-refractivity contribution in [3.05, 3.63) is 40.2 Å². The van der Waals surface area contributed by atoms with Crippen LogP contribution in [-0.4, -0.2) is 10.1 Å². The van der Waals surface area contributed by atoms with Crippen LogP contribution in [0.5, 0.6) is 0 Å². The lowest BCUT2D eigenvalue weighted by atomic mass is 10.3. The molecule has 1 heterocycles. The summed E-state index contributed by atoms with van der Waals surface area (Å²) < 4.78 is 0. The van der Waals surface area contributed by atoms with Crippen molar-refractivity contribution in [3.63, 3.8) is 0 Å². The fourth-order valence-electron chi connectivity index (χ4n) is 0.611. The van der Waals surface area contributed by atoms with Crippen molar-refractivity contribution < 1.29 is 9.92 Å². The van der Waals surface area contributed by atoms with E-state index in [1.165, 1.54) is 6.20 Å². The quantitative estimate of drug-likeness (QED) is 0.476. The van der Waals surface area contributed by atoms with E-state index in [4.69, 9.17) is 0 Å². The first-order chi connectivity index (χ1) is 5.29. The third kappa shape index (κ3) is 2.61. The second-order valence-electron chi connectivity index (χ2n) is 1.86. The monoisotopic (exact) mass is 154 g/mol. The summed E-state index contributed by atoms with van der Waals surface area (Å²) in [6.07, 6.45) is 3.11. The Kier molecular flexibility index (Phi) is 2.37. The van der Waals surface area contributed by atoms with Gasteiger partial charge < -0.3 is 4.84 Å². The molecule has 0 bridgehead atoms. The van der Waals surface area contributed by atoms with Gasteiger partial charge in [0.1, 0.15) is 6.61 Å². The maximum Gasteiger partial charge on any atom is 0.294 e. The van der Waals surface area contributed by atoms with E-state index in [1.807, 2.05) is 0 Å². The second-order valence-corrected chi connectivity index (χ2v) is 1.86. The standard InChI is InChI=1S/C6H6N2O3/c9-8(10)11-5-6-2-1-3-7-4-6/h1-4H,5H2. The Morgan fingerprint density at radius 3 is 3.09 bits per heavy atom. The molecular formula is C6H6N2O3. The van der Waals surface area contributed by atoms with E-state index in [1.54, 1.807) is 18.3 Å². The van der Waals surface area contributed by atoms with Crippen molar-refractivity contribution >= 4 is 0 Å². The highest BCUT2D eigenvalue weighted by molar-refractivity contribution is 5.06. The van der Waals surface area contributed by atoms with Crippen molar-refractivity contribution in [1.82, 2.24) is 4.98 Å². The summed E-state index contributed by atoms with van der Waals surface area (Å²) in [6.45, 7) is -0.0408. The molecular weight excluding hydrogens is 148 g/mol. The minimum absolute atomic E-state index is 0.0408. The molecule has 0 spiro atoms. The zero-order chi connectivity index (χ0) is 8.10. The molecule has 0 atom stereocenters. The van der Waals surface area contributed by atoms with Gasteiger partial charge in [-0.1, -0.05) is 6.07 Å². The Morgan fingerprint density at radius 1 is 1.73 bits per heavy atom. The van der Waals surface area contributed by atoms with Crippen LogP contribution in [0.4, 0.5) is 0 Å². The molecule has 0 aliphatic carbocycles. The topological polar surface area (TPSA) is 65.3 Å². The van der Waals surface area contributed by atoms with Crippen LogP contribution < -0.4 is 0 Å². The van der Waals surface area contributed by atoms with Crippen LogP contribution in [-0.2, 0) is 11.4 Å². The molecule has 0 amide bonds. The summed E-state index contributed by atoms with van der Waals surface area (Å²) in [5.41, 5.74) is 0.684. The summed E-state index contributed by atoms with van der Waals surface area (Å²) in [5.74, 6) is 0. The lowest BCUT2D eigenvalue weighted by Gasteiger charge is -1.96. The summed E-state index contributed by atoms with van der Waals surface area (Å²) >= 11 is 0. The number of hydrogen-bond donors (Lipinski definition) is 0. The van der Waals surface area contributed by atoms with Crippen LogP contribution in [0, 0.1) is 10.1 Å². The maximum absolute atomic E-state index is 9.74. The molecule has 0 radical (unpaired) electrons. The van der Waals surface area contributed by atoms with E-state index in [-0.39, 0.29) is 6.61 Å². The Balaban J connectivity index is 2.45. The first kappa shape index (κ1) is 7.46. The van der Waals surface area contributed by atoms with Gasteiger partial charge in [-0.05, 0) is 11.6 Å². The number of hydrogen-bond acceptors (Lipinski definition) is 4. The molecule has 5 heteroatoms. The third-order valence-corrected chi connectivity index (χ3v) is 1.06. The molecule has 5 nitrogen and oxygen atoms in total. The number of pyridine rings is 1. The van der Waals surface area contributed by atoms with E-state index < -0.39 is 5.09 Å². The highest BCUT2D eigenvalue weighted by Crippen LogP contribution is 1.97. The number of nitrogens with zero attached hydrogens (tertiary/aromatic N) is 2. The molecule has 0 fully saturated rings. The van der Waals surface area contributed by atoms with Crippen molar-refractivity contribution in [2.45, 2.75) is 6.61 Å². The smallest absolute Gasteiger partial charge is 0.294 e. The van der Waals surface area contributed by atoms with E-state index in [0.29, 0.717) is 5.56 Å². The van der Waals surface area contributed by atoms with Crippen molar-refractivity contribution in [2.75, 3.05) is 0 Å². The molecule has 58 valence electrons. The van der Waals surface area contributed by atoms with Gasteiger partial charge in [0.15, 0.2) is 0 Å². The fourth-order valence-corrected chi connectivity index (χ4v) is 0.611. The lowest BCUT2D eigenvalue weighted by molar-refractivity contribution is -0.763. The normalized spacial score (nSPS) is 9.09. The van der Waals surface area contributed by atoms with E-state index in [2.05, 4.69) is 9.82 Å². The van der Waals surface area contributed by atoms with Crippen LogP contribution in [0.15, 0.2) is 24.5 Å². The van der Waals surface area contributed by atoms with Crippen LogP contribution in [0.2, 0.25) is 0 Å². The van der Waals surface area contributed by atoms with Crippen molar-refractivity contribution in [1.29, 1.82) is 0 Å². The Hall–Kier alpha value is -1.65. The molecule has 0 aromatic carbocycles.